The van der Waals surface area contributed by atoms with Crippen molar-refractivity contribution in [2.45, 2.75) is 0 Å². The number of nitrogens with zero attached hydrogens (tertiary/aromatic N) is 4. The standard InChI is InChI=1S/C20H7ClN4/c1-24-17(10-22)19-15-6-4-3-5-13(15)14-8-7-12(21)9-16(14)20(19)18(11-23)25-2/h3-9H. The van der Waals surface area contributed by atoms with Crippen LogP contribution in [0.2, 0.25) is 5.02 Å². The molecule has 114 valence electrons. The molecule has 0 unspecified atom stereocenters. The smallest absolute Gasteiger partial charge is 0.226 e. The van der Waals surface area contributed by atoms with Crippen molar-refractivity contribution in [2.24, 2.45) is 0 Å². The van der Waals surface area contributed by atoms with Crippen molar-refractivity contribution in [1.29, 1.82) is 10.5 Å². The molecule has 0 saturated heterocycles. The second-order valence-electron chi connectivity index (χ2n) is 5.13. The number of halogens is 1. The van der Waals surface area contributed by atoms with Gasteiger partial charge in [0.25, 0.3) is 11.4 Å². The van der Waals surface area contributed by atoms with Gasteiger partial charge in [-0.15, -0.1) is 0 Å². The molecule has 0 amide bonds. The molecule has 0 atom stereocenters. The number of fused-ring (bicyclic) bond motifs is 3. The molecule has 25 heavy (non-hydrogen) atoms. The highest BCUT2D eigenvalue weighted by atomic mass is 35.5. The van der Waals surface area contributed by atoms with E-state index in [2.05, 4.69) is 9.69 Å². The maximum Gasteiger partial charge on any atom is 0.268 e. The van der Waals surface area contributed by atoms with E-state index in [1.54, 1.807) is 24.3 Å². The molecule has 4 nitrogen and oxygen atoms in total. The van der Waals surface area contributed by atoms with Gasteiger partial charge in [0.1, 0.15) is 0 Å². The number of nitriles is 2. The van der Waals surface area contributed by atoms with Crippen molar-refractivity contribution in [1.82, 2.24) is 0 Å². The number of hydrogen-bond donors (Lipinski definition) is 0. The first-order valence-corrected chi connectivity index (χ1v) is 7.47. The molecule has 3 rings (SSSR count). The van der Waals surface area contributed by atoms with Gasteiger partial charge in [-0.05, 0) is 44.1 Å². The summed E-state index contributed by atoms with van der Waals surface area (Å²) < 4.78 is 0. The van der Waals surface area contributed by atoms with Crippen molar-refractivity contribution >= 4 is 44.5 Å². The minimum atomic E-state index is -0.176. The van der Waals surface area contributed by atoms with E-state index in [0.29, 0.717) is 21.0 Å². The fourth-order valence-corrected chi connectivity index (χ4v) is 3.10. The Balaban J connectivity index is 2.99. The van der Waals surface area contributed by atoms with Crippen LogP contribution in [-0.2, 0) is 0 Å². The third-order valence-electron chi connectivity index (χ3n) is 3.90. The second-order valence-corrected chi connectivity index (χ2v) is 5.57. The summed E-state index contributed by atoms with van der Waals surface area (Å²) in [6.07, 6.45) is 0. The van der Waals surface area contributed by atoms with Gasteiger partial charge in [-0.1, -0.05) is 41.9 Å². The lowest BCUT2D eigenvalue weighted by Crippen LogP contribution is -2.30. The highest BCUT2D eigenvalue weighted by Gasteiger charge is 2.12. The summed E-state index contributed by atoms with van der Waals surface area (Å²) >= 11 is 6.13. The van der Waals surface area contributed by atoms with E-state index in [9.17, 15) is 10.5 Å². The third-order valence-corrected chi connectivity index (χ3v) is 4.13. The van der Waals surface area contributed by atoms with Gasteiger partial charge < -0.3 is 0 Å². The minimum absolute atomic E-state index is 0.163. The summed E-state index contributed by atoms with van der Waals surface area (Å²) in [5.41, 5.74) is -0.339. The van der Waals surface area contributed by atoms with Gasteiger partial charge in [-0.25, -0.2) is 20.2 Å². The highest BCUT2D eigenvalue weighted by Crippen LogP contribution is 2.24. The predicted molar refractivity (Wildman–Crippen MR) is 97.0 cm³/mol. The molecule has 0 bridgehead atoms. The van der Waals surface area contributed by atoms with Crippen molar-refractivity contribution in [3.63, 3.8) is 0 Å². The van der Waals surface area contributed by atoms with E-state index in [4.69, 9.17) is 24.7 Å². The number of benzene rings is 3. The van der Waals surface area contributed by atoms with Gasteiger partial charge in [-0.3, -0.25) is 0 Å². The normalized spacial score (nSPS) is 12.5. The van der Waals surface area contributed by atoms with Crippen LogP contribution in [0.25, 0.3) is 42.6 Å². The zero-order valence-corrected chi connectivity index (χ0v) is 13.5. The fraction of sp³-hybridized carbons (Fsp3) is 0. The molecular weight excluding hydrogens is 332 g/mol. The summed E-state index contributed by atoms with van der Waals surface area (Å²) in [7, 11) is 0. The Morgan fingerprint density at radius 3 is 1.88 bits per heavy atom. The molecule has 0 aliphatic carbocycles. The van der Waals surface area contributed by atoms with Crippen LogP contribution in [0.5, 0.6) is 0 Å². The van der Waals surface area contributed by atoms with E-state index in [1.165, 1.54) is 0 Å². The van der Waals surface area contributed by atoms with Crippen LogP contribution in [0, 0.1) is 35.8 Å². The first kappa shape index (κ1) is 16.0. The molecule has 5 heteroatoms. The SMILES string of the molecule is [C-]#[N+]C(C#N)=c1c(=C(C#N)[N+]#[C-])c2cc(Cl)ccc2c2ccccc12. The van der Waals surface area contributed by atoms with Gasteiger partial charge in [0, 0.05) is 5.02 Å². The van der Waals surface area contributed by atoms with Crippen molar-refractivity contribution in [3.8, 4) is 12.1 Å². The molecule has 0 aliphatic heterocycles. The van der Waals surface area contributed by atoms with Crippen molar-refractivity contribution < 1.29 is 0 Å². The molecule has 3 aromatic rings. The quantitative estimate of drug-likeness (QED) is 0.463. The Kier molecular flexibility index (Phi) is 4.07. The summed E-state index contributed by atoms with van der Waals surface area (Å²) in [5, 5.41) is 22.7. The Hall–Kier alpha value is -3.83. The maximum absolute atomic E-state index is 9.43. The van der Waals surface area contributed by atoms with Crippen LogP contribution in [0.4, 0.5) is 0 Å². The van der Waals surface area contributed by atoms with E-state index in [1.807, 2.05) is 30.3 Å². The molecule has 0 saturated carbocycles. The lowest BCUT2D eigenvalue weighted by Gasteiger charge is -2.09. The minimum Gasteiger partial charge on any atom is -0.226 e. The van der Waals surface area contributed by atoms with Gasteiger partial charge in [0.15, 0.2) is 0 Å². The van der Waals surface area contributed by atoms with Gasteiger partial charge >= 0.3 is 0 Å². The van der Waals surface area contributed by atoms with Gasteiger partial charge in [-0.2, -0.15) is 0 Å². The second kappa shape index (κ2) is 6.35. The topological polar surface area (TPSA) is 56.3 Å². The third kappa shape index (κ3) is 2.45. The molecule has 0 fully saturated rings. The summed E-state index contributed by atoms with van der Waals surface area (Å²) in [4.78, 5) is 6.63. The van der Waals surface area contributed by atoms with E-state index in [0.717, 1.165) is 10.8 Å². The molecule has 0 radical (unpaired) electrons. The Morgan fingerprint density at radius 1 is 0.800 bits per heavy atom. The van der Waals surface area contributed by atoms with Gasteiger partial charge in [0.05, 0.1) is 25.3 Å². The average molecular weight is 339 g/mol. The molecule has 0 heterocycles. The predicted octanol–water partition coefficient (Wildman–Crippen LogP) is 3.75. The van der Waals surface area contributed by atoms with E-state index >= 15 is 0 Å². The molecule has 0 N–H and O–H groups in total. The van der Waals surface area contributed by atoms with Crippen LogP contribution in [-0.4, -0.2) is 0 Å². The fourth-order valence-electron chi connectivity index (χ4n) is 2.93. The van der Waals surface area contributed by atoms with Crippen molar-refractivity contribution in [3.05, 3.63) is 80.8 Å². The first-order chi connectivity index (χ1) is 12.2. The lowest BCUT2D eigenvalue weighted by atomic mass is 9.96. The first-order valence-electron chi connectivity index (χ1n) is 7.10. The summed E-state index contributed by atoms with van der Waals surface area (Å²) in [6.45, 7) is 14.7. The molecule has 3 aromatic carbocycles. The summed E-state index contributed by atoms with van der Waals surface area (Å²) in [5.74, 6) is 0. The molecular formula is C20H7ClN4. The highest BCUT2D eigenvalue weighted by molar-refractivity contribution is 6.31. The molecule has 0 spiro atoms. The average Bonchev–Trinajstić information content (AvgIpc) is 2.64. The maximum atomic E-state index is 9.43. The van der Waals surface area contributed by atoms with Crippen LogP contribution in [0.15, 0.2) is 42.5 Å². The zero-order chi connectivity index (χ0) is 18.0. The number of hydrogen-bond acceptors (Lipinski definition) is 2. The van der Waals surface area contributed by atoms with Crippen molar-refractivity contribution in [2.75, 3.05) is 0 Å². The van der Waals surface area contributed by atoms with Gasteiger partial charge in [0.2, 0.25) is 0 Å². The lowest BCUT2D eigenvalue weighted by molar-refractivity contribution is 1.50. The van der Waals surface area contributed by atoms with E-state index in [-0.39, 0.29) is 16.6 Å². The Labute approximate surface area is 148 Å². The Bertz CT molecular complexity index is 1310. The molecule has 0 aromatic heterocycles. The van der Waals surface area contributed by atoms with Crippen LogP contribution < -0.4 is 10.4 Å². The van der Waals surface area contributed by atoms with Crippen LogP contribution in [0.1, 0.15) is 0 Å². The van der Waals surface area contributed by atoms with E-state index < -0.39 is 0 Å². The Morgan fingerprint density at radius 2 is 1.32 bits per heavy atom. The molecule has 0 aliphatic rings. The van der Waals surface area contributed by atoms with Crippen LogP contribution in [0.3, 0.4) is 0 Å². The largest absolute Gasteiger partial charge is 0.268 e. The monoisotopic (exact) mass is 338 g/mol. The van der Waals surface area contributed by atoms with Crippen LogP contribution >= 0.6 is 11.6 Å². The number of rotatable bonds is 0. The zero-order valence-electron chi connectivity index (χ0n) is 12.7. The summed E-state index contributed by atoms with van der Waals surface area (Å²) in [6, 6.07) is 16.3.